The summed E-state index contributed by atoms with van der Waals surface area (Å²) in [6, 6.07) is 16.2. The van der Waals surface area contributed by atoms with E-state index in [1.165, 1.54) is 5.56 Å². The summed E-state index contributed by atoms with van der Waals surface area (Å²) in [6.07, 6.45) is 1.95. The van der Waals surface area contributed by atoms with Crippen molar-refractivity contribution in [2.45, 2.75) is 25.8 Å². The zero-order valence-corrected chi connectivity index (χ0v) is 14.9. The number of hydrogen-bond acceptors (Lipinski definition) is 4. The normalized spacial score (nSPS) is 16.0. The van der Waals surface area contributed by atoms with E-state index in [1.807, 2.05) is 30.3 Å². The highest BCUT2D eigenvalue weighted by Gasteiger charge is 2.24. The van der Waals surface area contributed by atoms with Crippen LogP contribution in [0.15, 0.2) is 48.5 Å². The van der Waals surface area contributed by atoms with Crippen molar-refractivity contribution in [2.75, 3.05) is 25.0 Å². The van der Waals surface area contributed by atoms with Crippen LogP contribution in [-0.4, -0.2) is 45.4 Å². The zero-order valence-electron chi connectivity index (χ0n) is 14.9. The number of para-hydroxylation sites is 1. The number of piperidine rings is 1. The molecule has 6 nitrogen and oxygen atoms in total. The molecule has 134 valence electrons. The Labute approximate surface area is 152 Å². The zero-order chi connectivity index (χ0) is 17.9. The summed E-state index contributed by atoms with van der Waals surface area (Å²) in [4.78, 5) is 14.4. The number of nitrogens with zero attached hydrogens (tertiary/aromatic N) is 4. The third kappa shape index (κ3) is 3.60. The Morgan fingerprint density at radius 1 is 1.15 bits per heavy atom. The summed E-state index contributed by atoms with van der Waals surface area (Å²) < 4.78 is 2.05. The van der Waals surface area contributed by atoms with Gasteiger partial charge in [0, 0.05) is 18.8 Å². The molecule has 1 saturated heterocycles. The van der Waals surface area contributed by atoms with E-state index in [2.05, 4.69) is 50.3 Å². The van der Waals surface area contributed by atoms with Crippen LogP contribution < -0.4 is 5.32 Å². The summed E-state index contributed by atoms with van der Waals surface area (Å²) in [6.45, 7) is 4.27. The minimum absolute atomic E-state index is 0.0383. The van der Waals surface area contributed by atoms with Gasteiger partial charge < -0.3 is 5.32 Å². The van der Waals surface area contributed by atoms with Crippen LogP contribution in [0.5, 0.6) is 0 Å². The van der Waals surface area contributed by atoms with Crippen LogP contribution in [0.2, 0.25) is 0 Å². The monoisotopic (exact) mass is 349 g/mol. The molecule has 2 aromatic carbocycles. The van der Waals surface area contributed by atoms with Gasteiger partial charge in [0.25, 0.3) is 0 Å². The highest BCUT2D eigenvalue weighted by molar-refractivity contribution is 5.92. The van der Waals surface area contributed by atoms with Crippen LogP contribution in [0.4, 0.5) is 5.69 Å². The lowest BCUT2D eigenvalue weighted by Crippen LogP contribution is -2.39. The number of aromatic nitrogens is 3. The molecule has 1 fully saturated rings. The highest BCUT2D eigenvalue weighted by Crippen LogP contribution is 2.25. The molecule has 3 aromatic rings. The number of amides is 1. The van der Waals surface area contributed by atoms with Crippen molar-refractivity contribution in [3.8, 4) is 0 Å². The third-order valence-electron chi connectivity index (χ3n) is 4.95. The van der Waals surface area contributed by atoms with Gasteiger partial charge in [-0.25, -0.2) is 4.68 Å². The van der Waals surface area contributed by atoms with Crippen LogP contribution >= 0.6 is 0 Å². The smallest absolute Gasteiger partial charge is 0.238 e. The van der Waals surface area contributed by atoms with Crippen molar-refractivity contribution in [2.24, 2.45) is 0 Å². The molecule has 26 heavy (non-hydrogen) atoms. The number of hydrogen-bond donors (Lipinski definition) is 1. The van der Waals surface area contributed by atoms with Crippen molar-refractivity contribution in [3.05, 3.63) is 54.1 Å². The van der Waals surface area contributed by atoms with E-state index in [1.54, 1.807) is 0 Å². The van der Waals surface area contributed by atoms with E-state index in [-0.39, 0.29) is 5.91 Å². The number of benzene rings is 2. The van der Waals surface area contributed by atoms with E-state index in [9.17, 15) is 4.79 Å². The molecule has 1 aliphatic heterocycles. The van der Waals surface area contributed by atoms with Gasteiger partial charge >= 0.3 is 0 Å². The SMILES string of the molecule is Cc1ccc2c(c1)nnn2C1CCN(CC(=O)Nc2ccccc2)CC1. The summed E-state index contributed by atoms with van der Waals surface area (Å²) in [5, 5.41) is 11.6. The quantitative estimate of drug-likeness (QED) is 0.786. The fourth-order valence-electron chi connectivity index (χ4n) is 3.57. The standard InChI is InChI=1S/C20H23N5O/c1-15-7-8-19-18(13-15)22-23-25(19)17-9-11-24(12-10-17)14-20(26)21-16-5-3-2-4-6-16/h2-8,13,17H,9-12,14H2,1H3,(H,21,26). The van der Waals surface area contributed by atoms with Gasteiger partial charge in [0.05, 0.1) is 18.1 Å². The summed E-state index contributed by atoms with van der Waals surface area (Å²) in [5.41, 5.74) is 4.09. The van der Waals surface area contributed by atoms with Gasteiger partial charge in [0.2, 0.25) is 5.91 Å². The number of carbonyl (C=O) groups is 1. The van der Waals surface area contributed by atoms with Crippen LogP contribution in [0, 0.1) is 6.92 Å². The predicted octanol–water partition coefficient (Wildman–Crippen LogP) is 3.02. The largest absolute Gasteiger partial charge is 0.325 e. The molecule has 0 atom stereocenters. The van der Waals surface area contributed by atoms with E-state index in [0.717, 1.165) is 42.7 Å². The third-order valence-corrected chi connectivity index (χ3v) is 4.95. The van der Waals surface area contributed by atoms with Gasteiger partial charge in [-0.2, -0.15) is 0 Å². The Hall–Kier alpha value is -2.73. The second kappa shape index (κ2) is 7.25. The van der Waals surface area contributed by atoms with Gasteiger partial charge in [0.1, 0.15) is 5.52 Å². The van der Waals surface area contributed by atoms with Crippen LogP contribution in [0.25, 0.3) is 11.0 Å². The Morgan fingerprint density at radius 2 is 1.92 bits per heavy atom. The van der Waals surface area contributed by atoms with Gasteiger partial charge in [-0.05, 0) is 49.6 Å². The number of rotatable bonds is 4. The molecular formula is C20H23N5O. The van der Waals surface area contributed by atoms with E-state index in [0.29, 0.717) is 12.6 Å². The van der Waals surface area contributed by atoms with Gasteiger partial charge in [-0.1, -0.05) is 29.5 Å². The Morgan fingerprint density at radius 3 is 2.69 bits per heavy atom. The maximum atomic E-state index is 12.2. The van der Waals surface area contributed by atoms with Crippen molar-refractivity contribution in [3.63, 3.8) is 0 Å². The number of carbonyl (C=O) groups excluding carboxylic acids is 1. The first-order valence-electron chi connectivity index (χ1n) is 9.08. The summed E-state index contributed by atoms with van der Waals surface area (Å²) >= 11 is 0. The van der Waals surface area contributed by atoms with E-state index in [4.69, 9.17) is 0 Å². The predicted molar refractivity (Wildman–Crippen MR) is 102 cm³/mol. The van der Waals surface area contributed by atoms with Crippen molar-refractivity contribution in [1.29, 1.82) is 0 Å². The second-order valence-corrected chi connectivity index (χ2v) is 6.95. The number of nitrogens with one attached hydrogen (secondary N) is 1. The molecular weight excluding hydrogens is 326 g/mol. The van der Waals surface area contributed by atoms with Crippen LogP contribution in [0.3, 0.4) is 0 Å². The highest BCUT2D eigenvalue weighted by atomic mass is 16.2. The van der Waals surface area contributed by atoms with Crippen LogP contribution in [-0.2, 0) is 4.79 Å². The van der Waals surface area contributed by atoms with Crippen molar-refractivity contribution >= 4 is 22.6 Å². The topological polar surface area (TPSA) is 63.1 Å². The van der Waals surface area contributed by atoms with Crippen molar-refractivity contribution in [1.82, 2.24) is 19.9 Å². The molecule has 0 unspecified atom stereocenters. The maximum Gasteiger partial charge on any atom is 0.238 e. The summed E-state index contributed by atoms with van der Waals surface area (Å²) in [5.74, 6) is 0.0383. The molecule has 1 amide bonds. The molecule has 1 N–H and O–H groups in total. The number of fused-ring (bicyclic) bond motifs is 1. The number of anilines is 1. The minimum atomic E-state index is 0.0383. The average molecular weight is 349 g/mol. The lowest BCUT2D eigenvalue weighted by molar-refractivity contribution is -0.117. The fourth-order valence-corrected chi connectivity index (χ4v) is 3.57. The van der Waals surface area contributed by atoms with Gasteiger partial charge in [-0.15, -0.1) is 5.10 Å². The second-order valence-electron chi connectivity index (χ2n) is 6.95. The first kappa shape index (κ1) is 16.7. The molecule has 0 saturated carbocycles. The fraction of sp³-hybridized carbons (Fsp3) is 0.350. The Balaban J connectivity index is 1.34. The van der Waals surface area contributed by atoms with E-state index >= 15 is 0 Å². The molecule has 4 rings (SSSR count). The Kier molecular flexibility index (Phi) is 4.67. The lowest BCUT2D eigenvalue weighted by atomic mass is 10.0. The number of aryl methyl sites for hydroxylation is 1. The molecule has 1 aromatic heterocycles. The summed E-state index contributed by atoms with van der Waals surface area (Å²) in [7, 11) is 0. The molecule has 2 heterocycles. The van der Waals surface area contributed by atoms with Gasteiger partial charge in [0.15, 0.2) is 0 Å². The number of likely N-dealkylation sites (tertiary alicyclic amines) is 1. The van der Waals surface area contributed by atoms with E-state index < -0.39 is 0 Å². The Bertz CT molecular complexity index is 897. The maximum absolute atomic E-state index is 12.2. The first-order chi connectivity index (χ1) is 12.7. The van der Waals surface area contributed by atoms with Gasteiger partial charge in [-0.3, -0.25) is 9.69 Å². The molecule has 0 aliphatic carbocycles. The van der Waals surface area contributed by atoms with Crippen LogP contribution in [0.1, 0.15) is 24.4 Å². The molecule has 6 heteroatoms. The minimum Gasteiger partial charge on any atom is -0.325 e. The average Bonchev–Trinajstić information content (AvgIpc) is 3.06. The first-order valence-corrected chi connectivity index (χ1v) is 9.08. The molecule has 0 radical (unpaired) electrons. The lowest BCUT2D eigenvalue weighted by Gasteiger charge is -2.31. The molecule has 0 spiro atoms. The van der Waals surface area contributed by atoms with Crippen molar-refractivity contribution < 1.29 is 4.79 Å². The molecule has 1 aliphatic rings. The molecule has 0 bridgehead atoms.